The molecule has 0 unspecified atom stereocenters. The van der Waals surface area contributed by atoms with Crippen molar-refractivity contribution in [1.82, 2.24) is 10.3 Å². The Balaban J connectivity index is 1.26. The van der Waals surface area contributed by atoms with Crippen LogP contribution in [0.25, 0.3) is 28.6 Å². The molecule has 2 N–H and O–H groups in total. The molecular weight excluding hydrogens is 382 g/mol. The van der Waals surface area contributed by atoms with Gasteiger partial charge in [-0.05, 0) is 54.6 Å². The number of nitrogens with one attached hydrogen (secondary N) is 2. The first-order chi connectivity index (χ1) is 14.7. The number of para-hydroxylation sites is 2. The van der Waals surface area contributed by atoms with Crippen molar-refractivity contribution < 1.29 is 18.4 Å². The second kappa shape index (κ2) is 8.91. The summed E-state index contributed by atoms with van der Waals surface area (Å²) in [7, 11) is 0. The van der Waals surface area contributed by atoms with Gasteiger partial charge in [0.15, 0.2) is 5.58 Å². The van der Waals surface area contributed by atoms with E-state index < -0.39 is 0 Å². The topological polar surface area (TPSA) is 97.4 Å². The van der Waals surface area contributed by atoms with Crippen LogP contribution in [0.15, 0.2) is 81.8 Å². The van der Waals surface area contributed by atoms with E-state index in [1.165, 1.54) is 12.3 Å². The van der Waals surface area contributed by atoms with E-state index in [1.54, 1.807) is 30.3 Å². The highest BCUT2D eigenvalue weighted by molar-refractivity contribution is 5.93. The fourth-order valence-electron chi connectivity index (χ4n) is 2.82. The molecule has 2 heterocycles. The molecule has 2 amide bonds. The molecule has 0 saturated carbocycles. The molecule has 0 saturated heterocycles. The molecule has 4 rings (SSSR count). The van der Waals surface area contributed by atoms with Gasteiger partial charge in [0.1, 0.15) is 11.3 Å². The van der Waals surface area contributed by atoms with Crippen molar-refractivity contribution in [3.63, 3.8) is 0 Å². The van der Waals surface area contributed by atoms with Crippen LogP contribution < -0.4 is 10.6 Å². The lowest BCUT2D eigenvalue weighted by molar-refractivity contribution is -0.117. The first-order valence-corrected chi connectivity index (χ1v) is 9.43. The normalized spacial score (nSPS) is 11.1. The number of carbonyl (C=O) groups is 2. The monoisotopic (exact) mass is 401 g/mol. The Morgan fingerprint density at radius 2 is 1.83 bits per heavy atom. The van der Waals surface area contributed by atoms with E-state index in [9.17, 15) is 9.59 Å². The molecule has 0 radical (unpaired) electrons. The number of rotatable bonds is 7. The Bertz CT molecular complexity index is 1140. The maximum absolute atomic E-state index is 12.1. The van der Waals surface area contributed by atoms with E-state index in [0.29, 0.717) is 17.3 Å². The van der Waals surface area contributed by atoms with E-state index in [1.807, 2.05) is 36.4 Å². The van der Waals surface area contributed by atoms with E-state index >= 15 is 0 Å². The molecule has 150 valence electrons. The minimum atomic E-state index is -0.290. The fourth-order valence-corrected chi connectivity index (χ4v) is 2.82. The number of nitrogens with zero attached hydrogens (tertiary/aromatic N) is 1. The number of hydrogen-bond donors (Lipinski definition) is 2. The SMILES string of the molecule is O=C(/C=C/c1ccco1)NCCC(=O)Nc1ccc(-c2nc3ccccc3o2)cc1. The molecule has 0 bridgehead atoms. The van der Waals surface area contributed by atoms with Crippen LogP contribution in [-0.4, -0.2) is 23.3 Å². The summed E-state index contributed by atoms with van der Waals surface area (Å²) in [4.78, 5) is 28.3. The Morgan fingerprint density at radius 3 is 2.60 bits per heavy atom. The molecule has 0 aliphatic carbocycles. The Hall–Kier alpha value is -4.13. The maximum atomic E-state index is 12.1. The van der Waals surface area contributed by atoms with Gasteiger partial charge in [0.25, 0.3) is 0 Å². The molecule has 4 aromatic rings. The van der Waals surface area contributed by atoms with Gasteiger partial charge in [0.2, 0.25) is 17.7 Å². The third-order valence-corrected chi connectivity index (χ3v) is 4.30. The molecular formula is C23H19N3O4. The van der Waals surface area contributed by atoms with Gasteiger partial charge in [-0.15, -0.1) is 0 Å². The predicted octanol–water partition coefficient (Wildman–Crippen LogP) is 4.25. The van der Waals surface area contributed by atoms with Crippen LogP contribution in [0, 0.1) is 0 Å². The van der Waals surface area contributed by atoms with Crippen molar-refractivity contribution in [2.45, 2.75) is 6.42 Å². The molecule has 7 nitrogen and oxygen atoms in total. The number of aromatic nitrogens is 1. The number of carbonyl (C=O) groups excluding carboxylic acids is 2. The smallest absolute Gasteiger partial charge is 0.244 e. The Labute approximate surface area is 172 Å². The summed E-state index contributed by atoms with van der Waals surface area (Å²) in [5.41, 5.74) is 3.00. The number of hydrogen-bond acceptors (Lipinski definition) is 5. The lowest BCUT2D eigenvalue weighted by atomic mass is 10.2. The van der Waals surface area contributed by atoms with Crippen molar-refractivity contribution in [1.29, 1.82) is 0 Å². The van der Waals surface area contributed by atoms with E-state index in [0.717, 1.165) is 16.7 Å². The van der Waals surface area contributed by atoms with Crippen LogP contribution in [0.4, 0.5) is 5.69 Å². The highest BCUT2D eigenvalue weighted by Crippen LogP contribution is 2.25. The van der Waals surface area contributed by atoms with Crippen LogP contribution >= 0.6 is 0 Å². The number of amides is 2. The minimum absolute atomic E-state index is 0.160. The molecule has 30 heavy (non-hydrogen) atoms. The lowest BCUT2D eigenvalue weighted by Gasteiger charge is -2.06. The second-order valence-corrected chi connectivity index (χ2v) is 6.50. The number of anilines is 1. The molecule has 0 aliphatic rings. The van der Waals surface area contributed by atoms with Gasteiger partial charge in [0, 0.05) is 30.3 Å². The third kappa shape index (κ3) is 4.82. The van der Waals surface area contributed by atoms with E-state index in [2.05, 4.69) is 15.6 Å². The van der Waals surface area contributed by atoms with Gasteiger partial charge in [-0.3, -0.25) is 9.59 Å². The first-order valence-electron chi connectivity index (χ1n) is 9.43. The van der Waals surface area contributed by atoms with Gasteiger partial charge in [-0.2, -0.15) is 0 Å². The van der Waals surface area contributed by atoms with Crippen molar-refractivity contribution in [2.24, 2.45) is 0 Å². The predicted molar refractivity (Wildman–Crippen MR) is 113 cm³/mol. The highest BCUT2D eigenvalue weighted by atomic mass is 16.3. The summed E-state index contributed by atoms with van der Waals surface area (Å²) in [6.45, 7) is 0.230. The second-order valence-electron chi connectivity index (χ2n) is 6.50. The number of benzene rings is 2. The molecule has 0 aliphatic heterocycles. The standard InChI is InChI=1S/C23H19N3O4/c27-21(12-11-18-4-3-15-29-18)24-14-13-22(28)25-17-9-7-16(8-10-17)23-26-19-5-1-2-6-20(19)30-23/h1-12,15H,13-14H2,(H,24,27)(H,25,28)/b12-11+. The molecule has 7 heteroatoms. The summed E-state index contributed by atoms with van der Waals surface area (Å²) in [6, 6.07) is 18.3. The highest BCUT2D eigenvalue weighted by Gasteiger charge is 2.08. The van der Waals surface area contributed by atoms with Crippen LogP contribution in [0.3, 0.4) is 0 Å². The van der Waals surface area contributed by atoms with Gasteiger partial charge in [-0.1, -0.05) is 12.1 Å². The maximum Gasteiger partial charge on any atom is 0.244 e. The van der Waals surface area contributed by atoms with Crippen LogP contribution in [-0.2, 0) is 9.59 Å². The number of oxazole rings is 1. The number of furan rings is 1. The minimum Gasteiger partial charge on any atom is -0.465 e. The quantitative estimate of drug-likeness (QED) is 0.451. The van der Waals surface area contributed by atoms with Crippen molar-refractivity contribution in [3.05, 3.63) is 78.8 Å². The van der Waals surface area contributed by atoms with Crippen LogP contribution in [0.2, 0.25) is 0 Å². The van der Waals surface area contributed by atoms with Gasteiger partial charge in [-0.25, -0.2) is 4.98 Å². The van der Waals surface area contributed by atoms with E-state index in [4.69, 9.17) is 8.83 Å². The molecule has 2 aromatic heterocycles. The summed E-state index contributed by atoms with van der Waals surface area (Å²) in [5.74, 6) is 0.630. The fraction of sp³-hybridized carbons (Fsp3) is 0.0870. The number of fused-ring (bicyclic) bond motifs is 1. The average molecular weight is 401 g/mol. The molecule has 2 aromatic carbocycles. The van der Waals surface area contributed by atoms with Crippen molar-refractivity contribution >= 4 is 34.7 Å². The zero-order chi connectivity index (χ0) is 20.8. The third-order valence-electron chi connectivity index (χ3n) is 4.30. The zero-order valence-corrected chi connectivity index (χ0v) is 16.0. The summed E-state index contributed by atoms with van der Waals surface area (Å²) in [6.07, 6.45) is 4.62. The first kappa shape index (κ1) is 19.2. The van der Waals surface area contributed by atoms with Crippen LogP contribution in [0.1, 0.15) is 12.2 Å². The Kier molecular flexibility index (Phi) is 5.70. The zero-order valence-electron chi connectivity index (χ0n) is 16.0. The molecule has 0 atom stereocenters. The largest absolute Gasteiger partial charge is 0.465 e. The van der Waals surface area contributed by atoms with Gasteiger partial charge >= 0.3 is 0 Å². The van der Waals surface area contributed by atoms with Crippen molar-refractivity contribution in [3.8, 4) is 11.5 Å². The average Bonchev–Trinajstić information content (AvgIpc) is 3.42. The molecule has 0 spiro atoms. The van der Waals surface area contributed by atoms with Gasteiger partial charge in [0.05, 0.1) is 6.26 Å². The van der Waals surface area contributed by atoms with E-state index in [-0.39, 0.29) is 24.8 Å². The lowest BCUT2D eigenvalue weighted by Crippen LogP contribution is -2.26. The van der Waals surface area contributed by atoms with Gasteiger partial charge < -0.3 is 19.5 Å². The summed E-state index contributed by atoms with van der Waals surface area (Å²) < 4.78 is 10.8. The van der Waals surface area contributed by atoms with Crippen molar-refractivity contribution in [2.75, 3.05) is 11.9 Å². The summed E-state index contributed by atoms with van der Waals surface area (Å²) in [5, 5.41) is 5.46. The molecule has 0 fully saturated rings. The Morgan fingerprint density at radius 1 is 1.00 bits per heavy atom. The van der Waals surface area contributed by atoms with Crippen LogP contribution in [0.5, 0.6) is 0 Å². The summed E-state index contributed by atoms with van der Waals surface area (Å²) >= 11 is 0.